The van der Waals surface area contributed by atoms with Crippen molar-refractivity contribution in [2.45, 2.75) is 19.4 Å². The van der Waals surface area contributed by atoms with Gasteiger partial charge in [-0.2, -0.15) is 0 Å². The van der Waals surface area contributed by atoms with Crippen LogP contribution in [0.2, 0.25) is 0 Å². The third-order valence-electron chi connectivity index (χ3n) is 5.68. The zero-order chi connectivity index (χ0) is 26.2. The molecule has 0 radical (unpaired) electrons. The second-order valence-corrected chi connectivity index (χ2v) is 8.41. The number of aromatic hydroxyl groups is 2. The maximum atomic E-state index is 9.48. The first-order valence-electron chi connectivity index (χ1n) is 11.3. The van der Waals surface area contributed by atoms with E-state index in [2.05, 4.69) is 0 Å². The zero-order valence-electron chi connectivity index (χ0n) is 20.1. The fourth-order valence-corrected chi connectivity index (χ4v) is 3.64. The topological polar surface area (TPSA) is 174 Å². The summed E-state index contributed by atoms with van der Waals surface area (Å²) in [6, 6.07) is 21.6. The number of methoxy groups -OCH3 is 1. The number of phenolic OH excluding ortho intramolecular Hbond substituents is 2. The van der Waals surface area contributed by atoms with Crippen LogP contribution in [-0.2, 0) is 19.4 Å². The minimum absolute atomic E-state index is 0.0509. The normalized spacial score (nSPS) is 10.4. The maximum absolute atomic E-state index is 9.48. The fraction of sp³-hybridized carbons (Fsp3) is 0.143. The molecule has 0 amide bonds. The van der Waals surface area contributed by atoms with Gasteiger partial charge < -0.3 is 43.0 Å². The molecule has 0 aliphatic heterocycles. The number of anilines is 4. The molecule has 0 atom stereocenters. The van der Waals surface area contributed by atoms with Crippen LogP contribution in [0.1, 0.15) is 27.8 Å². The Balaban J connectivity index is 0.000000202. The molecule has 36 heavy (non-hydrogen) atoms. The molecule has 4 rings (SSSR count). The Morgan fingerprint density at radius 1 is 0.583 bits per heavy atom. The van der Waals surface area contributed by atoms with Crippen molar-refractivity contribution in [1.29, 1.82) is 0 Å². The van der Waals surface area contributed by atoms with Crippen molar-refractivity contribution in [2.75, 3.05) is 30.0 Å². The summed E-state index contributed by atoms with van der Waals surface area (Å²) in [7, 11) is 1.60. The van der Waals surface area contributed by atoms with Crippen LogP contribution in [0.3, 0.4) is 0 Å². The van der Waals surface area contributed by atoms with Crippen LogP contribution >= 0.6 is 0 Å². The summed E-state index contributed by atoms with van der Waals surface area (Å²) in [6.45, 7) is -0.0509. The van der Waals surface area contributed by atoms with Gasteiger partial charge in [0.15, 0.2) is 0 Å². The third-order valence-corrected chi connectivity index (χ3v) is 5.68. The van der Waals surface area contributed by atoms with Gasteiger partial charge in [-0.15, -0.1) is 0 Å². The van der Waals surface area contributed by atoms with E-state index < -0.39 is 0 Å². The Bertz CT molecular complexity index is 1240. The highest BCUT2D eigenvalue weighted by Gasteiger charge is 2.05. The highest BCUT2D eigenvalue weighted by molar-refractivity contribution is 5.56. The van der Waals surface area contributed by atoms with E-state index in [9.17, 15) is 15.3 Å². The van der Waals surface area contributed by atoms with E-state index in [4.69, 9.17) is 27.7 Å². The van der Waals surface area contributed by atoms with Gasteiger partial charge in [0.2, 0.25) is 0 Å². The van der Waals surface area contributed by atoms with E-state index >= 15 is 0 Å². The summed E-state index contributed by atoms with van der Waals surface area (Å²) < 4.78 is 5.20. The van der Waals surface area contributed by atoms with Crippen molar-refractivity contribution >= 4 is 22.7 Å². The average molecular weight is 489 g/mol. The van der Waals surface area contributed by atoms with Crippen LogP contribution in [0.5, 0.6) is 17.2 Å². The molecule has 188 valence electrons. The van der Waals surface area contributed by atoms with E-state index in [1.807, 2.05) is 48.5 Å². The standard InChI is InChI=1S/C15H18N2O2.C13H14N2O2/c1-19-15-8-11(3-5-14(15)17)6-10-2-4-13(16)12(7-10)9-18;14-10-3-1-8(6-12(10)16)5-9-2-4-11(15)13(17)7-9/h2-5,7-8,18H,6,9,16-17H2,1H3;1-4,6-7,16-17H,5,14-15H2. The molecule has 0 fully saturated rings. The van der Waals surface area contributed by atoms with Crippen LogP contribution in [0.15, 0.2) is 72.8 Å². The number of hydrogen-bond donors (Lipinski definition) is 7. The van der Waals surface area contributed by atoms with Crippen LogP contribution < -0.4 is 27.7 Å². The molecule has 0 aliphatic carbocycles. The second kappa shape index (κ2) is 11.7. The van der Waals surface area contributed by atoms with E-state index in [1.54, 1.807) is 31.4 Å². The Kier molecular flexibility index (Phi) is 8.48. The lowest BCUT2D eigenvalue weighted by atomic mass is 10.0. The molecule has 0 bridgehead atoms. The van der Waals surface area contributed by atoms with Crippen molar-refractivity contribution in [1.82, 2.24) is 0 Å². The zero-order valence-corrected chi connectivity index (χ0v) is 20.1. The molecule has 0 aromatic heterocycles. The van der Waals surface area contributed by atoms with E-state index in [1.165, 1.54) is 0 Å². The number of hydrogen-bond acceptors (Lipinski definition) is 8. The van der Waals surface area contributed by atoms with E-state index in [0.29, 0.717) is 34.9 Å². The lowest BCUT2D eigenvalue weighted by Gasteiger charge is -2.09. The number of phenols is 2. The lowest BCUT2D eigenvalue weighted by Crippen LogP contribution is -1.98. The van der Waals surface area contributed by atoms with E-state index in [-0.39, 0.29) is 18.1 Å². The molecule has 0 heterocycles. The van der Waals surface area contributed by atoms with Gasteiger partial charge in [0, 0.05) is 11.3 Å². The third kappa shape index (κ3) is 6.74. The molecule has 0 saturated heterocycles. The second-order valence-electron chi connectivity index (χ2n) is 8.41. The summed E-state index contributed by atoms with van der Waals surface area (Å²) in [5, 5.41) is 28.2. The number of nitrogen functional groups attached to an aromatic ring is 4. The number of aliphatic hydroxyl groups is 1. The average Bonchev–Trinajstić information content (AvgIpc) is 2.86. The van der Waals surface area contributed by atoms with Crippen molar-refractivity contribution < 1.29 is 20.1 Å². The molecule has 8 nitrogen and oxygen atoms in total. The summed E-state index contributed by atoms with van der Waals surface area (Å²) in [4.78, 5) is 0. The van der Waals surface area contributed by atoms with Gasteiger partial charge in [0.05, 0.1) is 30.8 Å². The van der Waals surface area contributed by atoms with Crippen LogP contribution in [-0.4, -0.2) is 22.4 Å². The first-order chi connectivity index (χ1) is 17.2. The highest BCUT2D eigenvalue weighted by atomic mass is 16.5. The van der Waals surface area contributed by atoms with Crippen LogP contribution in [0.25, 0.3) is 0 Å². The van der Waals surface area contributed by atoms with E-state index in [0.717, 1.165) is 34.2 Å². The molecule has 8 heteroatoms. The quantitative estimate of drug-likeness (QED) is 0.158. The monoisotopic (exact) mass is 488 g/mol. The smallest absolute Gasteiger partial charge is 0.142 e. The summed E-state index contributed by atoms with van der Waals surface area (Å²) >= 11 is 0. The molecule has 4 aromatic rings. The van der Waals surface area contributed by atoms with Crippen molar-refractivity contribution in [3.63, 3.8) is 0 Å². The van der Waals surface area contributed by atoms with Gasteiger partial charge in [-0.1, -0.05) is 30.3 Å². The number of benzene rings is 4. The van der Waals surface area contributed by atoms with Crippen LogP contribution in [0.4, 0.5) is 22.7 Å². The molecule has 0 aliphatic rings. The first-order valence-corrected chi connectivity index (χ1v) is 11.3. The van der Waals surface area contributed by atoms with Gasteiger partial charge in [-0.3, -0.25) is 0 Å². The number of rotatable bonds is 6. The minimum atomic E-state index is -0.0509. The number of ether oxygens (including phenoxy) is 1. The summed E-state index contributed by atoms with van der Waals surface area (Å²) in [5.41, 5.74) is 29.3. The maximum Gasteiger partial charge on any atom is 0.142 e. The van der Waals surface area contributed by atoms with Crippen molar-refractivity contribution in [2.24, 2.45) is 0 Å². The molecular formula is C28H32N4O4. The van der Waals surface area contributed by atoms with Crippen molar-refractivity contribution in [3.8, 4) is 17.2 Å². The Morgan fingerprint density at radius 2 is 1.00 bits per heavy atom. The van der Waals surface area contributed by atoms with Gasteiger partial charge >= 0.3 is 0 Å². The summed E-state index contributed by atoms with van der Waals surface area (Å²) in [6.07, 6.45) is 1.34. The minimum Gasteiger partial charge on any atom is -0.506 e. The molecule has 0 unspecified atom stereocenters. The van der Waals surface area contributed by atoms with Gasteiger partial charge in [-0.25, -0.2) is 0 Å². The number of nitrogens with two attached hydrogens (primary N) is 4. The Labute approximate surface area is 210 Å². The van der Waals surface area contributed by atoms with Crippen LogP contribution in [0, 0.1) is 0 Å². The summed E-state index contributed by atoms with van der Waals surface area (Å²) in [5.74, 6) is 0.819. The largest absolute Gasteiger partial charge is 0.506 e. The SMILES string of the molecule is COc1cc(Cc2ccc(N)c(CO)c2)ccc1N.Nc1ccc(Cc2ccc(N)c(O)c2)cc1O. The Morgan fingerprint density at radius 3 is 1.44 bits per heavy atom. The molecule has 0 saturated carbocycles. The molecular weight excluding hydrogens is 456 g/mol. The predicted octanol–water partition coefficient (Wildman–Crippen LogP) is 3.80. The molecule has 11 N–H and O–H groups in total. The highest BCUT2D eigenvalue weighted by Crippen LogP contribution is 2.26. The van der Waals surface area contributed by atoms with Crippen molar-refractivity contribution in [3.05, 3.63) is 101 Å². The first kappa shape index (κ1) is 26.1. The van der Waals surface area contributed by atoms with Gasteiger partial charge in [0.25, 0.3) is 0 Å². The lowest BCUT2D eigenvalue weighted by molar-refractivity contribution is 0.282. The molecule has 0 spiro atoms. The predicted molar refractivity (Wildman–Crippen MR) is 145 cm³/mol. The van der Waals surface area contributed by atoms with Gasteiger partial charge in [0.1, 0.15) is 17.2 Å². The van der Waals surface area contributed by atoms with Gasteiger partial charge in [-0.05, 0) is 77.6 Å². The number of aliphatic hydroxyl groups excluding tert-OH is 1. The molecule has 4 aromatic carbocycles. The fourth-order valence-electron chi connectivity index (χ4n) is 3.64. The Hall–Kier alpha value is -4.56.